The molecule has 8 aromatic carbocycles. The van der Waals surface area contributed by atoms with E-state index in [0.29, 0.717) is 0 Å². The molecule has 0 spiro atoms. The number of halogens is 2. The molecule has 0 bridgehead atoms. The maximum Gasteiger partial charge on any atom is 0.125 e. The van der Waals surface area contributed by atoms with Crippen LogP contribution in [0.4, 0.5) is 11.4 Å². The van der Waals surface area contributed by atoms with E-state index in [4.69, 9.17) is 30.8 Å². The third kappa shape index (κ3) is 11.8. The Morgan fingerprint density at radius 3 is 0.955 bits per heavy atom. The van der Waals surface area contributed by atoms with E-state index in [-0.39, 0.29) is 27.2 Å². The van der Waals surface area contributed by atoms with Gasteiger partial charge in [0.05, 0.1) is 11.4 Å². The van der Waals surface area contributed by atoms with Crippen molar-refractivity contribution in [1.82, 2.24) is 0 Å². The van der Waals surface area contributed by atoms with Gasteiger partial charge in [-0.05, 0) is 145 Å². The molecular weight excluding hydrogens is 973 g/mol. The van der Waals surface area contributed by atoms with E-state index in [1.807, 2.05) is 60.7 Å². The van der Waals surface area contributed by atoms with Crippen molar-refractivity contribution in [2.75, 3.05) is 5.32 Å². The number of aryl methyl sites for hydroxylation is 2. The van der Waals surface area contributed by atoms with Crippen LogP contribution in [0.25, 0.3) is 0 Å². The molecule has 0 aliphatic heterocycles. The number of rotatable bonds is 11. The molecule has 3 nitrogen and oxygen atoms in total. The fourth-order valence-electron chi connectivity index (χ4n) is 9.62. The van der Waals surface area contributed by atoms with E-state index < -0.39 is 15.8 Å². The number of benzene rings is 8. The van der Waals surface area contributed by atoms with Crippen molar-refractivity contribution < 1.29 is 15.1 Å². The molecule has 0 fully saturated rings. The van der Waals surface area contributed by atoms with Crippen LogP contribution in [0.5, 0.6) is 0 Å². The summed E-state index contributed by atoms with van der Waals surface area (Å²) in [7, 11) is 7.17. The van der Waals surface area contributed by atoms with E-state index in [9.17, 15) is 0 Å². The van der Waals surface area contributed by atoms with Crippen LogP contribution in [0.1, 0.15) is 71.1 Å². The van der Waals surface area contributed by atoms with Gasteiger partial charge in [-0.25, -0.2) is 0 Å². The third-order valence-corrected chi connectivity index (χ3v) is 18.4. The van der Waals surface area contributed by atoms with Gasteiger partial charge in [-0.1, -0.05) is 146 Å². The van der Waals surface area contributed by atoms with Crippen LogP contribution in [0.2, 0.25) is 0 Å². The van der Waals surface area contributed by atoms with Crippen LogP contribution >= 0.6 is 35.2 Å². The molecule has 0 heterocycles. The third-order valence-electron chi connectivity index (χ3n) is 12.9. The minimum absolute atomic E-state index is 0.163. The Labute approximate surface area is 410 Å². The van der Waals surface area contributed by atoms with Crippen LogP contribution in [0.3, 0.4) is 0 Å². The first-order valence-electron chi connectivity index (χ1n) is 23.0. The number of nitrogens with one attached hydrogen (secondary N) is 1. The molecule has 0 amide bonds. The van der Waals surface area contributed by atoms with Crippen molar-refractivity contribution in [3.05, 3.63) is 240 Å². The normalized spacial score (nSPS) is 13.8. The first-order chi connectivity index (χ1) is 32.6. The van der Waals surface area contributed by atoms with Crippen LogP contribution in [0.15, 0.2) is 206 Å². The van der Waals surface area contributed by atoms with E-state index in [0.717, 1.165) is 24.0 Å². The summed E-state index contributed by atoms with van der Waals surface area (Å²) in [4.78, 5) is 0. The average Bonchev–Trinajstić information content (AvgIpc) is 3.39. The monoisotopic (exact) mass is 1030 g/mol. The molecular formula is C58H59Cl2N3P2Ru+4. The summed E-state index contributed by atoms with van der Waals surface area (Å²) in [5.41, 5.74) is 23.4. The molecule has 334 valence electrons. The maximum absolute atomic E-state index is 6.15. The smallest absolute Gasteiger partial charge is 0.125 e. The summed E-state index contributed by atoms with van der Waals surface area (Å²) in [6.45, 7) is 0. The first kappa shape index (κ1) is 48.0. The second kappa shape index (κ2) is 24.5. The van der Waals surface area contributed by atoms with Crippen molar-refractivity contribution in [3.63, 3.8) is 0 Å². The molecule has 10 rings (SSSR count). The molecule has 0 radical (unpaired) electrons. The molecule has 8 heteroatoms. The van der Waals surface area contributed by atoms with Crippen molar-refractivity contribution in [2.45, 2.75) is 63.5 Å². The maximum atomic E-state index is 6.15. The number of hydrogen-bond acceptors (Lipinski definition) is 3. The second-order valence-electron chi connectivity index (χ2n) is 16.9. The summed E-state index contributed by atoms with van der Waals surface area (Å²) in [6.07, 6.45) is 9.70. The second-order valence-corrected chi connectivity index (χ2v) is 24.5. The standard InChI is InChI=1S/C44H41NP2.C14H16N2.2ClH.Ru/c1-5-19-35(20-6-1)46(36-21-7-2-8-22-36)41-31-29-33-17-13-15-27-39(33)43(41)45-44-40-28-16-14-18-34(40)30-32-42(44)47(37-23-9-3-10-24-37)38-25-11-4-12-26-38;15-13(11-7-3-1-4-8-11)14(16)12-9-5-2-6-10-12;;;/h1-12,19-26,29-32,45H,13-18,27-28H2;1-10,13-14H,15-16H2;2*1H;/q;;;;+4. The Balaban J connectivity index is 0.000000261. The van der Waals surface area contributed by atoms with Gasteiger partial charge in [-0.15, -0.1) is 0 Å². The first-order valence-corrected chi connectivity index (χ1v) is 30.5. The molecule has 0 aromatic heterocycles. The molecule has 66 heavy (non-hydrogen) atoms. The summed E-state index contributed by atoms with van der Waals surface area (Å²) < 4.78 is 0. The molecule has 2 atom stereocenters. The Kier molecular flexibility index (Phi) is 17.8. The Morgan fingerprint density at radius 1 is 0.379 bits per heavy atom. The average molecular weight is 1030 g/mol. The number of anilines is 2. The van der Waals surface area contributed by atoms with Crippen LogP contribution in [-0.4, -0.2) is 0 Å². The Hall–Kier alpha value is -4.46. The summed E-state index contributed by atoms with van der Waals surface area (Å²) in [6, 6.07) is 74.7. The van der Waals surface area contributed by atoms with Gasteiger partial charge in [-0.2, -0.15) is 0 Å². The zero-order chi connectivity index (χ0) is 45.5. The van der Waals surface area contributed by atoms with Gasteiger partial charge in [0, 0.05) is 12.1 Å². The summed E-state index contributed by atoms with van der Waals surface area (Å²) >= 11 is -0.346. The number of fused-ring (bicyclic) bond motifs is 2. The van der Waals surface area contributed by atoms with Crippen molar-refractivity contribution >= 4 is 78.4 Å². The topological polar surface area (TPSA) is 64.1 Å². The van der Waals surface area contributed by atoms with Gasteiger partial charge in [0.2, 0.25) is 0 Å². The summed E-state index contributed by atoms with van der Waals surface area (Å²) in [5.74, 6) is 0. The van der Waals surface area contributed by atoms with Gasteiger partial charge in [0.1, 0.15) is 47.7 Å². The molecule has 2 unspecified atom stereocenters. The van der Waals surface area contributed by atoms with Crippen LogP contribution < -0.4 is 48.6 Å². The van der Waals surface area contributed by atoms with Crippen LogP contribution in [0, 0.1) is 0 Å². The van der Waals surface area contributed by atoms with E-state index >= 15 is 0 Å². The molecule has 2 aliphatic rings. The van der Waals surface area contributed by atoms with E-state index in [2.05, 4.69) is 151 Å². The fraction of sp³-hybridized carbons (Fsp3) is 0.172. The number of hydrogen-bond donors (Lipinski definition) is 3. The number of nitrogens with two attached hydrogens (primary N) is 2. The Bertz CT molecular complexity index is 2450. The molecule has 2 aliphatic carbocycles. The molecule has 0 saturated heterocycles. The van der Waals surface area contributed by atoms with Crippen molar-refractivity contribution in [1.29, 1.82) is 0 Å². The van der Waals surface area contributed by atoms with E-state index in [1.54, 1.807) is 11.1 Å². The molecule has 8 aromatic rings. The van der Waals surface area contributed by atoms with Gasteiger partial charge in [0.25, 0.3) is 0 Å². The largest absolute Gasteiger partial charge is 0.349 e. The minimum Gasteiger partial charge on any atom is -0.349 e. The van der Waals surface area contributed by atoms with Gasteiger partial charge < -0.3 is 16.8 Å². The van der Waals surface area contributed by atoms with Gasteiger partial charge >= 0.3 is 34.5 Å². The SMILES string of the molecule is NC(c1ccccc1)C(N)c1ccccc1.[Cl][Ru+2][Cl].c1ccc([PH+](c2ccccc2)c2ccc3c(c2Nc2c([PH+](c4ccccc4)c4ccccc4)ccc4c2CCCC4)CCCC3)cc1. The zero-order valence-corrected chi connectivity index (χ0v) is 42.5. The van der Waals surface area contributed by atoms with Gasteiger partial charge in [-0.3, -0.25) is 0 Å². The van der Waals surface area contributed by atoms with Crippen molar-refractivity contribution in [2.24, 2.45) is 11.5 Å². The van der Waals surface area contributed by atoms with E-state index in [1.165, 1.54) is 92.9 Å². The fourth-order valence-corrected chi connectivity index (χ4v) is 15.1. The van der Waals surface area contributed by atoms with Gasteiger partial charge in [0.15, 0.2) is 0 Å². The quantitative estimate of drug-likeness (QED) is 0.0893. The summed E-state index contributed by atoms with van der Waals surface area (Å²) in [5, 5.41) is 13.1. The molecule has 5 N–H and O–H groups in total. The Morgan fingerprint density at radius 2 is 0.652 bits per heavy atom. The molecule has 0 saturated carbocycles. The van der Waals surface area contributed by atoms with Crippen LogP contribution in [-0.2, 0) is 40.8 Å². The zero-order valence-electron chi connectivity index (χ0n) is 37.2. The minimum atomic E-state index is -1.27. The van der Waals surface area contributed by atoms with Crippen molar-refractivity contribution in [3.8, 4) is 0 Å². The predicted molar refractivity (Wildman–Crippen MR) is 288 cm³/mol. The predicted octanol–water partition coefficient (Wildman–Crippen LogP) is 11.9.